The summed E-state index contributed by atoms with van der Waals surface area (Å²) in [6.07, 6.45) is 0.476. The maximum atomic E-state index is 12.5. The molecule has 1 aliphatic carbocycles. The minimum atomic E-state index is -4.40. The number of hydrogen-bond donors (Lipinski definition) is 1. The maximum absolute atomic E-state index is 12.5. The fourth-order valence-corrected chi connectivity index (χ4v) is 2.76. The van der Waals surface area contributed by atoms with Gasteiger partial charge in [-0.25, -0.2) is 0 Å². The van der Waals surface area contributed by atoms with Gasteiger partial charge in [-0.15, -0.1) is 5.10 Å². The van der Waals surface area contributed by atoms with Crippen molar-refractivity contribution in [1.82, 2.24) is 10.2 Å². The van der Waals surface area contributed by atoms with Crippen LogP contribution in [0.1, 0.15) is 37.7 Å². The molecule has 1 saturated carbocycles. The number of alkyl halides is 3. The van der Waals surface area contributed by atoms with Crippen molar-refractivity contribution < 1.29 is 22.4 Å². The van der Waals surface area contributed by atoms with Crippen molar-refractivity contribution in [3.05, 3.63) is 29.8 Å². The third-order valence-electron chi connectivity index (χ3n) is 4.09. The highest BCUT2D eigenvalue weighted by Gasteiger charge is 2.30. The van der Waals surface area contributed by atoms with Gasteiger partial charge in [0.25, 0.3) is 0 Å². The van der Waals surface area contributed by atoms with E-state index in [1.54, 1.807) is 0 Å². The lowest BCUT2D eigenvalue weighted by Crippen LogP contribution is -2.24. The van der Waals surface area contributed by atoms with Gasteiger partial charge in [-0.1, -0.05) is 24.4 Å². The highest BCUT2D eigenvalue weighted by Crippen LogP contribution is 2.31. The van der Waals surface area contributed by atoms with Crippen molar-refractivity contribution in [2.24, 2.45) is 5.92 Å². The molecule has 1 aromatic heterocycles. The first-order valence-electron chi connectivity index (χ1n) is 7.75. The van der Waals surface area contributed by atoms with E-state index < -0.39 is 11.7 Å². The first-order chi connectivity index (χ1) is 11.4. The Labute approximate surface area is 136 Å². The van der Waals surface area contributed by atoms with Crippen LogP contribution in [-0.4, -0.2) is 16.1 Å². The van der Waals surface area contributed by atoms with Crippen LogP contribution >= 0.6 is 0 Å². The molecule has 128 valence electrons. The zero-order valence-electron chi connectivity index (χ0n) is 12.8. The first-order valence-corrected chi connectivity index (χ1v) is 7.75. The van der Waals surface area contributed by atoms with Crippen LogP contribution < -0.4 is 5.32 Å². The molecule has 2 aromatic rings. The third-order valence-corrected chi connectivity index (χ3v) is 4.09. The van der Waals surface area contributed by atoms with Crippen molar-refractivity contribution in [1.29, 1.82) is 0 Å². The summed E-state index contributed by atoms with van der Waals surface area (Å²) in [5, 5.41) is 10.1. The average Bonchev–Trinajstić information content (AvgIpc) is 3.03. The number of carbonyl (C=O) groups is 1. The van der Waals surface area contributed by atoms with Gasteiger partial charge in [-0.05, 0) is 37.1 Å². The zero-order chi connectivity index (χ0) is 17.2. The predicted octanol–water partition coefficient (Wildman–Crippen LogP) is 4.27. The molecule has 8 heteroatoms. The topological polar surface area (TPSA) is 68.0 Å². The number of halogens is 3. The Morgan fingerprint density at radius 3 is 2.38 bits per heavy atom. The SMILES string of the molecule is O=C(Nc1nnc(-c2ccc(C(F)(F)F)cc2)o1)C1CCCCC1. The van der Waals surface area contributed by atoms with Gasteiger partial charge in [0.2, 0.25) is 11.8 Å². The summed E-state index contributed by atoms with van der Waals surface area (Å²) >= 11 is 0. The molecule has 1 N–H and O–H groups in total. The molecule has 0 bridgehead atoms. The fraction of sp³-hybridized carbons (Fsp3) is 0.438. The Balaban J connectivity index is 1.67. The van der Waals surface area contributed by atoms with Gasteiger partial charge in [0, 0.05) is 11.5 Å². The van der Waals surface area contributed by atoms with Crippen LogP contribution in [0.3, 0.4) is 0 Å². The molecule has 0 saturated heterocycles. The van der Waals surface area contributed by atoms with Crippen molar-refractivity contribution in [3.63, 3.8) is 0 Å². The molecule has 1 heterocycles. The van der Waals surface area contributed by atoms with E-state index in [4.69, 9.17) is 4.42 Å². The Bertz CT molecular complexity index is 704. The lowest BCUT2D eigenvalue weighted by atomic mass is 9.89. The van der Waals surface area contributed by atoms with Gasteiger partial charge in [0.1, 0.15) is 0 Å². The largest absolute Gasteiger partial charge is 0.416 e. The molecule has 0 aliphatic heterocycles. The van der Waals surface area contributed by atoms with Crippen LogP contribution in [0.2, 0.25) is 0 Å². The molecule has 0 radical (unpaired) electrons. The van der Waals surface area contributed by atoms with Crippen LogP contribution in [0.15, 0.2) is 28.7 Å². The Hall–Kier alpha value is -2.38. The minimum absolute atomic E-state index is 0.0412. The Morgan fingerprint density at radius 2 is 1.75 bits per heavy atom. The van der Waals surface area contributed by atoms with E-state index in [9.17, 15) is 18.0 Å². The summed E-state index contributed by atoms with van der Waals surface area (Å²) in [5.41, 5.74) is -0.398. The molecular formula is C16H16F3N3O2. The normalized spacial score (nSPS) is 16.1. The molecule has 5 nitrogen and oxygen atoms in total. The van der Waals surface area contributed by atoms with E-state index in [0.29, 0.717) is 5.56 Å². The summed E-state index contributed by atoms with van der Waals surface area (Å²) in [7, 11) is 0. The van der Waals surface area contributed by atoms with Crippen molar-refractivity contribution >= 4 is 11.9 Å². The molecule has 1 fully saturated rings. The molecular weight excluding hydrogens is 323 g/mol. The van der Waals surface area contributed by atoms with Crippen molar-refractivity contribution in [3.8, 4) is 11.5 Å². The highest BCUT2D eigenvalue weighted by molar-refractivity contribution is 5.90. The summed E-state index contributed by atoms with van der Waals surface area (Å²) in [5.74, 6) is -0.153. The first kappa shape index (κ1) is 16.5. The summed E-state index contributed by atoms with van der Waals surface area (Å²) in [6.45, 7) is 0. The quantitative estimate of drug-likeness (QED) is 0.906. The Morgan fingerprint density at radius 1 is 1.08 bits per heavy atom. The molecule has 1 aromatic carbocycles. The van der Waals surface area contributed by atoms with Crippen LogP contribution in [0, 0.1) is 5.92 Å². The van der Waals surface area contributed by atoms with Crippen LogP contribution in [0.5, 0.6) is 0 Å². The minimum Gasteiger partial charge on any atom is -0.403 e. The van der Waals surface area contributed by atoms with Crippen LogP contribution in [0.4, 0.5) is 19.2 Å². The van der Waals surface area contributed by atoms with E-state index in [1.807, 2.05) is 0 Å². The van der Waals surface area contributed by atoms with E-state index in [0.717, 1.165) is 44.2 Å². The zero-order valence-corrected chi connectivity index (χ0v) is 12.8. The number of hydrogen-bond acceptors (Lipinski definition) is 4. The van der Waals surface area contributed by atoms with Gasteiger partial charge in [0.15, 0.2) is 0 Å². The van der Waals surface area contributed by atoms with E-state index >= 15 is 0 Å². The summed E-state index contributed by atoms with van der Waals surface area (Å²) < 4.78 is 43.0. The van der Waals surface area contributed by atoms with Gasteiger partial charge in [-0.2, -0.15) is 13.2 Å². The second-order valence-electron chi connectivity index (χ2n) is 5.81. The third kappa shape index (κ3) is 3.74. The van der Waals surface area contributed by atoms with Crippen LogP contribution in [0.25, 0.3) is 11.5 Å². The van der Waals surface area contributed by atoms with Gasteiger partial charge in [0.05, 0.1) is 5.56 Å². The predicted molar refractivity (Wildman–Crippen MR) is 79.9 cm³/mol. The number of rotatable bonds is 3. The monoisotopic (exact) mass is 339 g/mol. The molecule has 0 spiro atoms. The summed E-state index contributed by atoms with van der Waals surface area (Å²) in [6, 6.07) is 4.35. The van der Waals surface area contributed by atoms with E-state index in [2.05, 4.69) is 15.5 Å². The lowest BCUT2D eigenvalue weighted by molar-refractivity contribution is -0.137. The summed E-state index contributed by atoms with van der Waals surface area (Å²) in [4.78, 5) is 12.1. The average molecular weight is 339 g/mol. The highest BCUT2D eigenvalue weighted by atomic mass is 19.4. The smallest absolute Gasteiger partial charge is 0.403 e. The molecule has 1 amide bonds. The Kier molecular flexibility index (Phi) is 4.55. The van der Waals surface area contributed by atoms with Gasteiger partial charge in [-0.3, -0.25) is 10.1 Å². The number of carbonyl (C=O) groups excluding carboxylic acids is 1. The lowest BCUT2D eigenvalue weighted by Gasteiger charge is -2.19. The molecule has 1 aliphatic rings. The number of anilines is 1. The fourth-order valence-electron chi connectivity index (χ4n) is 2.76. The number of nitrogens with zero attached hydrogens (tertiary/aromatic N) is 2. The number of benzene rings is 1. The number of aromatic nitrogens is 2. The molecule has 0 atom stereocenters. The van der Waals surface area contributed by atoms with E-state index in [-0.39, 0.29) is 23.7 Å². The standard InChI is InChI=1S/C16H16F3N3O2/c17-16(18,19)12-8-6-11(7-9-12)14-21-22-15(24-14)20-13(23)10-4-2-1-3-5-10/h6-10H,1-5H2,(H,20,22,23). The molecule has 0 unspecified atom stereocenters. The van der Waals surface area contributed by atoms with Crippen molar-refractivity contribution in [2.75, 3.05) is 5.32 Å². The maximum Gasteiger partial charge on any atom is 0.416 e. The second-order valence-corrected chi connectivity index (χ2v) is 5.81. The van der Waals surface area contributed by atoms with Gasteiger partial charge >= 0.3 is 12.2 Å². The number of amides is 1. The molecule has 3 rings (SSSR count). The number of nitrogens with one attached hydrogen (secondary N) is 1. The second kappa shape index (κ2) is 6.62. The van der Waals surface area contributed by atoms with Crippen LogP contribution in [-0.2, 0) is 11.0 Å². The van der Waals surface area contributed by atoms with Gasteiger partial charge < -0.3 is 4.42 Å². The molecule has 24 heavy (non-hydrogen) atoms. The van der Waals surface area contributed by atoms with Crippen molar-refractivity contribution in [2.45, 2.75) is 38.3 Å². The van der Waals surface area contributed by atoms with E-state index in [1.165, 1.54) is 12.1 Å².